The van der Waals surface area contributed by atoms with Crippen LogP contribution in [-0.2, 0) is 6.42 Å². The molecule has 0 bridgehead atoms. The molecule has 9 heteroatoms. The molecule has 110 valence electrons. The van der Waals surface area contributed by atoms with Gasteiger partial charge in [-0.15, -0.1) is 0 Å². The number of hydrogen-bond acceptors (Lipinski definition) is 5. The van der Waals surface area contributed by atoms with Gasteiger partial charge in [-0.3, -0.25) is 0 Å². The number of halogens is 3. The highest BCUT2D eigenvalue weighted by molar-refractivity contribution is 5.26. The van der Waals surface area contributed by atoms with E-state index in [0.29, 0.717) is 0 Å². The molecule has 0 saturated heterocycles. The normalized spacial score (nSPS) is 11.5. The first-order chi connectivity index (χ1) is 9.71. The van der Waals surface area contributed by atoms with Gasteiger partial charge in [0.2, 0.25) is 0 Å². The van der Waals surface area contributed by atoms with E-state index in [4.69, 9.17) is 10.5 Å². The molecule has 0 radical (unpaired) electrons. The summed E-state index contributed by atoms with van der Waals surface area (Å²) in [7, 11) is 0. The minimum absolute atomic E-state index is 0.0227. The van der Waals surface area contributed by atoms with Crippen LogP contribution in [-0.4, -0.2) is 16.1 Å². The molecule has 0 fully saturated rings. The SMILES string of the molecule is N#CC(C#N)(CCC(F)(F)F)Cc1cccc([N+](=O)[O-])n1. The maximum atomic E-state index is 12.2. The van der Waals surface area contributed by atoms with Crippen molar-refractivity contribution in [1.82, 2.24) is 4.98 Å². The number of pyridine rings is 1. The number of rotatable bonds is 5. The fourth-order valence-corrected chi connectivity index (χ4v) is 1.64. The summed E-state index contributed by atoms with van der Waals surface area (Å²) in [5, 5.41) is 28.6. The third kappa shape index (κ3) is 4.73. The van der Waals surface area contributed by atoms with Gasteiger partial charge in [-0.1, -0.05) is 0 Å². The maximum absolute atomic E-state index is 12.2. The number of hydrogen-bond donors (Lipinski definition) is 0. The molecule has 0 amide bonds. The lowest BCUT2D eigenvalue weighted by atomic mass is 9.81. The van der Waals surface area contributed by atoms with E-state index in [1.54, 1.807) is 12.1 Å². The molecular formula is C12H9F3N4O2. The van der Waals surface area contributed by atoms with E-state index >= 15 is 0 Å². The van der Waals surface area contributed by atoms with Gasteiger partial charge < -0.3 is 10.1 Å². The molecule has 6 nitrogen and oxygen atoms in total. The summed E-state index contributed by atoms with van der Waals surface area (Å²) in [4.78, 5) is 13.4. The van der Waals surface area contributed by atoms with Crippen molar-refractivity contribution in [3.63, 3.8) is 0 Å². The van der Waals surface area contributed by atoms with Gasteiger partial charge in [0.15, 0.2) is 11.1 Å². The zero-order chi connectivity index (χ0) is 16.1. The van der Waals surface area contributed by atoms with Crippen molar-refractivity contribution in [2.24, 2.45) is 5.41 Å². The summed E-state index contributed by atoms with van der Waals surface area (Å²) in [5.74, 6) is -0.492. The third-order valence-corrected chi connectivity index (χ3v) is 2.73. The van der Waals surface area contributed by atoms with Crippen LogP contribution >= 0.6 is 0 Å². The number of alkyl halides is 3. The number of aromatic nitrogens is 1. The van der Waals surface area contributed by atoms with E-state index in [1.807, 2.05) is 0 Å². The van der Waals surface area contributed by atoms with Gasteiger partial charge >= 0.3 is 12.0 Å². The lowest BCUT2D eigenvalue weighted by Crippen LogP contribution is -2.23. The van der Waals surface area contributed by atoms with Crippen LogP contribution in [0.3, 0.4) is 0 Å². The second kappa shape index (κ2) is 6.18. The fraction of sp³-hybridized carbons (Fsp3) is 0.417. The Hall–Kier alpha value is -2.68. The quantitative estimate of drug-likeness (QED) is 0.614. The highest BCUT2D eigenvalue weighted by Crippen LogP contribution is 2.33. The molecule has 0 spiro atoms. The van der Waals surface area contributed by atoms with Crippen molar-refractivity contribution < 1.29 is 18.1 Å². The van der Waals surface area contributed by atoms with Crippen molar-refractivity contribution in [2.45, 2.75) is 25.4 Å². The third-order valence-electron chi connectivity index (χ3n) is 2.73. The molecule has 1 aromatic rings. The minimum atomic E-state index is -4.49. The molecule has 1 heterocycles. The second-order valence-electron chi connectivity index (χ2n) is 4.34. The largest absolute Gasteiger partial charge is 0.389 e. The van der Waals surface area contributed by atoms with Crippen molar-refractivity contribution in [2.75, 3.05) is 0 Å². The first kappa shape index (κ1) is 16.4. The standard InChI is InChI=1S/C12H9F3N4O2/c13-12(14,15)5-4-11(7-16,8-17)6-9-2-1-3-10(18-9)19(20)21/h1-3H,4-6H2. The predicted octanol–water partition coefficient (Wildman–Crippen LogP) is 2.91. The fourth-order valence-electron chi connectivity index (χ4n) is 1.64. The minimum Gasteiger partial charge on any atom is -0.358 e. The van der Waals surface area contributed by atoms with E-state index in [-0.39, 0.29) is 5.69 Å². The lowest BCUT2D eigenvalue weighted by molar-refractivity contribution is -0.389. The van der Waals surface area contributed by atoms with Crippen LogP contribution in [0.1, 0.15) is 18.5 Å². The molecule has 21 heavy (non-hydrogen) atoms. The second-order valence-corrected chi connectivity index (χ2v) is 4.34. The van der Waals surface area contributed by atoms with Gasteiger partial charge in [-0.05, 0) is 28.5 Å². The van der Waals surface area contributed by atoms with Crippen LogP contribution in [0.4, 0.5) is 19.0 Å². The Morgan fingerprint density at radius 2 is 1.86 bits per heavy atom. The van der Waals surface area contributed by atoms with Crippen LogP contribution in [0.2, 0.25) is 0 Å². The summed E-state index contributed by atoms with van der Waals surface area (Å²) in [6, 6.07) is 6.86. The average molecular weight is 298 g/mol. The van der Waals surface area contributed by atoms with E-state index < -0.39 is 41.6 Å². The van der Waals surface area contributed by atoms with Crippen molar-refractivity contribution >= 4 is 5.82 Å². The predicted molar refractivity (Wildman–Crippen MR) is 63.5 cm³/mol. The highest BCUT2D eigenvalue weighted by Gasteiger charge is 2.38. The zero-order valence-corrected chi connectivity index (χ0v) is 10.6. The summed E-state index contributed by atoms with van der Waals surface area (Å²) < 4.78 is 36.7. The van der Waals surface area contributed by atoms with Crippen LogP contribution < -0.4 is 0 Å². The molecule has 0 aliphatic rings. The highest BCUT2D eigenvalue weighted by atomic mass is 19.4. The summed E-state index contributed by atoms with van der Waals surface area (Å²) >= 11 is 0. The summed E-state index contributed by atoms with van der Waals surface area (Å²) in [6.07, 6.45) is -6.90. The Balaban J connectivity index is 2.99. The van der Waals surface area contributed by atoms with Gasteiger partial charge in [0.05, 0.1) is 12.1 Å². The Morgan fingerprint density at radius 3 is 2.33 bits per heavy atom. The summed E-state index contributed by atoms with van der Waals surface area (Å²) in [6.45, 7) is 0. The molecule has 1 rings (SSSR count). The van der Waals surface area contributed by atoms with E-state index in [1.165, 1.54) is 12.1 Å². The van der Waals surface area contributed by atoms with Crippen molar-refractivity contribution in [1.29, 1.82) is 10.5 Å². The number of nitrogens with zero attached hydrogens (tertiary/aromatic N) is 4. The lowest BCUT2D eigenvalue weighted by Gasteiger charge is -2.17. The number of nitro groups is 1. The Morgan fingerprint density at radius 1 is 1.24 bits per heavy atom. The van der Waals surface area contributed by atoms with Crippen LogP contribution in [0.15, 0.2) is 18.2 Å². The van der Waals surface area contributed by atoms with E-state index in [2.05, 4.69) is 4.98 Å². The molecule has 0 unspecified atom stereocenters. The molecule has 0 N–H and O–H groups in total. The van der Waals surface area contributed by atoms with Gasteiger partial charge in [0.25, 0.3) is 0 Å². The Kier molecular flexibility index (Phi) is 4.82. The average Bonchev–Trinajstić information content (AvgIpc) is 2.43. The van der Waals surface area contributed by atoms with E-state index in [9.17, 15) is 23.3 Å². The molecule has 0 aliphatic heterocycles. The van der Waals surface area contributed by atoms with Crippen molar-refractivity contribution in [3.8, 4) is 12.1 Å². The zero-order valence-electron chi connectivity index (χ0n) is 10.6. The molecule has 1 aromatic heterocycles. The van der Waals surface area contributed by atoms with Gasteiger partial charge in [0.1, 0.15) is 0 Å². The number of nitriles is 2. The molecule has 0 atom stereocenters. The Bertz CT molecular complexity index is 602. The monoisotopic (exact) mass is 298 g/mol. The topological polar surface area (TPSA) is 104 Å². The van der Waals surface area contributed by atoms with Gasteiger partial charge in [0, 0.05) is 18.9 Å². The van der Waals surface area contributed by atoms with Crippen LogP contribution in [0, 0.1) is 38.2 Å². The van der Waals surface area contributed by atoms with Crippen LogP contribution in [0.25, 0.3) is 0 Å². The molecule has 0 aromatic carbocycles. The Labute approximate surface area is 117 Å². The first-order valence-electron chi connectivity index (χ1n) is 5.71. The maximum Gasteiger partial charge on any atom is 0.389 e. The van der Waals surface area contributed by atoms with Gasteiger partial charge in [-0.2, -0.15) is 23.7 Å². The molecule has 0 aliphatic carbocycles. The smallest absolute Gasteiger partial charge is 0.358 e. The first-order valence-corrected chi connectivity index (χ1v) is 5.71. The molecule has 0 saturated carbocycles. The molecular weight excluding hydrogens is 289 g/mol. The van der Waals surface area contributed by atoms with Crippen molar-refractivity contribution in [3.05, 3.63) is 34.0 Å². The van der Waals surface area contributed by atoms with Gasteiger partial charge in [-0.25, -0.2) is 0 Å². The van der Waals surface area contributed by atoms with Crippen LogP contribution in [0.5, 0.6) is 0 Å². The van der Waals surface area contributed by atoms with E-state index in [0.717, 1.165) is 6.07 Å². The summed E-state index contributed by atoms with van der Waals surface area (Å²) in [5.41, 5.74) is -1.90.